The molecule has 0 aromatic heterocycles. The quantitative estimate of drug-likeness (QED) is 0.539. The van der Waals surface area contributed by atoms with Crippen LogP contribution in [0.1, 0.15) is 22.3 Å². The molecule has 14 heavy (non-hydrogen) atoms. The molecule has 0 amide bonds. The van der Waals surface area contributed by atoms with Crippen LogP contribution in [-0.2, 0) is 0 Å². The molecule has 1 rings (SSSR count). The van der Waals surface area contributed by atoms with Gasteiger partial charge >= 0.3 is 0 Å². The van der Waals surface area contributed by atoms with E-state index in [1.54, 1.807) is 19.3 Å². The zero-order valence-corrected chi connectivity index (χ0v) is 8.54. The van der Waals surface area contributed by atoms with Crippen LogP contribution in [0.2, 0.25) is 0 Å². The standard InChI is InChI=1S/C12H14O2/c1-4-5-11(13)10-7-6-9(2)8-12(10)14-3/h4,6-8H,1,5H2,2-3H3. The van der Waals surface area contributed by atoms with E-state index >= 15 is 0 Å². The van der Waals surface area contributed by atoms with Crippen molar-refractivity contribution in [3.8, 4) is 5.75 Å². The monoisotopic (exact) mass is 190 g/mol. The van der Waals surface area contributed by atoms with Crippen molar-refractivity contribution in [1.29, 1.82) is 0 Å². The summed E-state index contributed by atoms with van der Waals surface area (Å²) in [5.41, 5.74) is 1.70. The van der Waals surface area contributed by atoms with E-state index in [-0.39, 0.29) is 5.78 Å². The first-order chi connectivity index (χ1) is 6.69. The van der Waals surface area contributed by atoms with Gasteiger partial charge in [-0.3, -0.25) is 4.79 Å². The minimum atomic E-state index is 0.0388. The predicted octanol–water partition coefficient (Wildman–Crippen LogP) is 2.76. The Balaban J connectivity index is 3.07. The molecule has 0 unspecified atom stereocenters. The van der Waals surface area contributed by atoms with Gasteiger partial charge in [0, 0.05) is 6.42 Å². The maximum absolute atomic E-state index is 11.6. The highest BCUT2D eigenvalue weighted by molar-refractivity contribution is 5.99. The molecule has 0 aliphatic heterocycles. The number of aryl methyl sites for hydroxylation is 1. The van der Waals surface area contributed by atoms with Crippen molar-refractivity contribution in [3.63, 3.8) is 0 Å². The molecule has 2 heteroatoms. The van der Waals surface area contributed by atoms with Gasteiger partial charge in [0.15, 0.2) is 5.78 Å². The first-order valence-corrected chi connectivity index (χ1v) is 4.47. The Morgan fingerprint density at radius 2 is 2.29 bits per heavy atom. The third-order valence-electron chi connectivity index (χ3n) is 1.99. The number of Topliss-reactive ketones (excluding diaryl/α,β-unsaturated/α-hetero) is 1. The van der Waals surface area contributed by atoms with E-state index in [0.29, 0.717) is 17.7 Å². The normalized spacial score (nSPS) is 9.57. The van der Waals surface area contributed by atoms with Gasteiger partial charge < -0.3 is 4.74 Å². The molecule has 0 N–H and O–H groups in total. The average Bonchev–Trinajstić information content (AvgIpc) is 2.17. The summed E-state index contributed by atoms with van der Waals surface area (Å²) in [6.07, 6.45) is 1.95. The molecule has 0 saturated carbocycles. The van der Waals surface area contributed by atoms with Gasteiger partial charge in [-0.25, -0.2) is 0 Å². The minimum absolute atomic E-state index is 0.0388. The summed E-state index contributed by atoms with van der Waals surface area (Å²) in [6.45, 7) is 5.50. The van der Waals surface area contributed by atoms with Crippen LogP contribution in [0.15, 0.2) is 30.9 Å². The Labute approximate surface area is 84.2 Å². The summed E-state index contributed by atoms with van der Waals surface area (Å²) in [7, 11) is 1.57. The van der Waals surface area contributed by atoms with Gasteiger partial charge in [-0.1, -0.05) is 12.1 Å². The topological polar surface area (TPSA) is 26.3 Å². The first-order valence-electron chi connectivity index (χ1n) is 4.47. The molecule has 0 aliphatic rings. The lowest BCUT2D eigenvalue weighted by molar-refractivity contribution is 0.0993. The number of ketones is 1. The van der Waals surface area contributed by atoms with Crippen molar-refractivity contribution < 1.29 is 9.53 Å². The molecule has 1 aromatic rings. The van der Waals surface area contributed by atoms with Crippen molar-refractivity contribution in [2.75, 3.05) is 7.11 Å². The average molecular weight is 190 g/mol. The maximum atomic E-state index is 11.6. The van der Waals surface area contributed by atoms with Crippen LogP contribution in [0.5, 0.6) is 5.75 Å². The fourth-order valence-electron chi connectivity index (χ4n) is 1.27. The van der Waals surface area contributed by atoms with Crippen molar-refractivity contribution in [1.82, 2.24) is 0 Å². The molecule has 0 spiro atoms. The molecule has 0 atom stereocenters. The van der Waals surface area contributed by atoms with E-state index in [4.69, 9.17) is 4.74 Å². The molecular formula is C12H14O2. The van der Waals surface area contributed by atoms with E-state index in [2.05, 4.69) is 6.58 Å². The third kappa shape index (κ3) is 2.22. The molecule has 1 aromatic carbocycles. The summed E-state index contributed by atoms with van der Waals surface area (Å²) in [5, 5.41) is 0. The Morgan fingerprint density at radius 3 is 2.86 bits per heavy atom. The molecule has 0 saturated heterocycles. The van der Waals surface area contributed by atoms with Gasteiger partial charge in [-0.05, 0) is 24.6 Å². The van der Waals surface area contributed by atoms with Crippen molar-refractivity contribution in [2.45, 2.75) is 13.3 Å². The van der Waals surface area contributed by atoms with Gasteiger partial charge in [0.1, 0.15) is 5.75 Å². The summed E-state index contributed by atoms with van der Waals surface area (Å²) in [5.74, 6) is 0.675. The lowest BCUT2D eigenvalue weighted by atomic mass is 10.1. The highest BCUT2D eigenvalue weighted by Crippen LogP contribution is 2.21. The molecule has 0 radical (unpaired) electrons. The summed E-state index contributed by atoms with van der Waals surface area (Å²) in [6, 6.07) is 5.55. The molecular weight excluding hydrogens is 176 g/mol. The Bertz CT molecular complexity index is 353. The highest BCUT2D eigenvalue weighted by atomic mass is 16.5. The number of benzene rings is 1. The smallest absolute Gasteiger partial charge is 0.170 e. The molecule has 0 fully saturated rings. The van der Waals surface area contributed by atoms with Crippen LogP contribution in [0.3, 0.4) is 0 Å². The second-order valence-corrected chi connectivity index (χ2v) is 3.12. The first kappa shape index (κ1) is 10.5. The number of allylic oxidation sites excluding steroid dienone is 1. The second kappa shape index (κ2) is 4.61. The number of hydrogen-bond donors (Lipinski definition) is 0. The number of carbonyl (C=O) groups excluding carboxylic acids is 1. The third-order valence-corrected chi connectivity index (χ3v) is 1.99. The zero-order chi connectivity index (χ0) is 10.6. The van der Waals surface area contributed by atoms with Gasteiger partial charge in [0.05, 0.1) is 12.7 Å². The van der Waals surface area contributed by atoms with Crippen molar-refractivity contribution in [3.05, 3.63) is 42.0 Å². The van der Waals surface area contributed by atoms with Gasteiger partial charge in [0.25, 0.3) is 0 Å². The fraction of sp³-hybridized carbons (Fsp3) is 0.250. The second-order valence-electron chi connectivity index (χ2n) is 3.12. The SMILES string of the molecule is C=CCC(=O)c1ccc(C)cc1OC. The van der Waals surface area contributed by atoms with E-state index < -0.39 is 0 Å². The van der Waals surface area contributed by atoms with Gasteiger partial charge in [-0.15, -0.1) is 6.58 Å². The Morgan fingerprint density at radius 1 is 1.57 bits per heavy atom. The van der Waals surface area contributed by atoms with Crippen molar-refractivity contribution in [2.24, 2.45) is 0 Å². The largest absolute Gasteiger partial charge is 0.496 e. The number of carbonyl (C=O) groups is 1. The van der Waals surface area contributed by atoms with Gasteiger partial charge in [-0.2, -0.15) is 0 Å². The van der Waals surface area contributed by atoms with Crippen LogP contribution in [0.4, 0.5) is 0 Å². The fourth-order valence-corrected chi connectivity index (χ4v) is 1.27. The van der Waals surface area contributed by atoms with E-state index in [1.165, 1.54) is 0 Å². The predicted molar refractivity (Wildman–Crippen MR) is 56.9 cm³/mol. The van der Waals surface area contributed by atoms with E-state index in [9.17, 15) is 4.79 Å². The molecule has 0 aliphatic carbocycles. The van der Waals surface area contributed by atoms with Crippen LogP contribution in [0, 0.1) is 6.92 Å². The molecule has 0 heterocycles. The number of hydrogen-bond acceptors (Lipinski definition) is 2. The summed E-state index contributed by atoms with van der Waals surface area (Å²) in [4.78, 5) is 11.6. The van der Waals surface area contributed by atoms with E-state index in [1.807, 2.05) is 19.1 Å². The summed E-state index contributed by atoms with van der Waals surface area (Å²) >= 11 is 0. The van der Waals surface area contributed by atoms with Crippen LogP contribution >= 0.6 is 0 Å². The number of methoxy groups -OCH3 is 1. The minimum Gasteiger partial charge on any atom is -0.496 e. The number of rotatable bonds is 4. The van der Waals surface area contributed by atoms with Crippen molar-refractivity contribution >= 4 is 5.78 Å². The van der Waals surface area contributed by atoms with E-state index in [0.717, 1.165) is 5.56 Å². The maximum Gasteiger partial charge on any atom is 0.170 e. The number of ether oxygens (including phenoxy) is 1. The van der Waals surface area contributed by atoms with Gasteiger partial charge in [0.2, 0.25) is 0 Å². The molecule has 74 valence electrons. The summed E-state index contributed by atoms with van der Waals surface area (Å²) < 4.78 is 5.14. The molecule has 0 bridgehead atoms. The highest BCUT2D eigenvalue weighted by Gasteiger charge is 2.09. The van der Waals surface area contributed by atoms with Crippen LogP contribution < -0.4 is 4.74 Å². The lowest BCUT2D eigenvalue weighted by Gasteiger charge is -2.07. The Hall–Kier alpha value is -1.57. The Kier molecular flexibility index (Phi) is 3.46. The molecule has 2 nitrogen and oxygen atoms in total. The zero-order valence-electron chi connectivity index (χ0n) is 8.54. The lowest BCUT2D eigenvalue weighted by Crippen LogP contribution is -2.00. The van der Waals surface area contributed by atoms with Crippen LogP contribution in [0.25, 0.3) is 0 Å². The van der Waals surface area contributed by atoms with Crippen LogP contribution in [-0.4, -0.2) is 12.9 Å².